The van der Waals surface area contributed by atoms with E-state index in [1.165, 1.54) is 23.5 Å². The van der Waals surface area contributed by atoms with Crippen LogP contribution >= 0.6 is 11.3 Å². The highest BCUT2D eigenvalue weighted by Gasteiger charge is 2.27. The van der Waals surface area contributed by atoms with Crippen LogP contribution in [0.25, 0.3) is 10.6 Å². The number of methoxy groups -OCH3 is 1. The van der Waals surface area contributed by atoms with Gasteiger partial charge in [0.25, 0.3) is 5.91 Å². The van der Waals surface area contributed by atoms with Crippen molar-refractivity contribution < 1.29 is 18.7 Å². The molecule has 0 spiro atoms. The topological polar surface area (TPSA) is 62.7 Å². The van der Waals surface area contributed by atoms with Gasteiger partial charge in [0, 0.05) is 31.7 Å². The van der Waals surface area contributed by atoms with Gasteiger partial charge in [0.2, 0.25) is 5.91 Å². The van der Waals surface area contributed by atoms with E-state index in [1.807, 2.05) is 31.2 Å². The number of rotatable bonds is 5. The van der Waals surface area contributed by atoms with Crippen LogP contribution in [0.5, 0.6) is 5.75 Å². The quantitative estimate of drug-likeness (QED) is 0.590. The number of nitrogens with zero attached hydrogens (tertiary/aromatic N) is 3. The van der Waals surface area contributed by atoms with Gasteiger partial charge in [-0.05, 0) is 48.9 Å². The van der Waals surface area contributed by atoms with E-state index >= 15 is 0 Å². The lowest BCUT2D eigenvalue weighted by Crippen LogP contribution is -2.51. The molecule has 0 saturated carbocycles. The first-order valence-electron chi connectivity index (χ1n) is 10.4. The highest BCUT2D eigenvalue weighted by atomic mass is 32.1. The summed E-state index contributed by atoms with van der Waals surface area (Å²) in [5, 5.41) is 0.693. The lowest BCUT2D eigenvalue weighted by atomic mass is 10.1. The molecule has 0 N–H and O–H groups in total. The maximum Gasteiger partial charge on any atom is 0.265 e. The summed E-state index contributed by atoms with van der Waals surface area (Å²) in [6.45, 7) is 3.76. The van der Waals surface area contributed by atoms with Crippen LogP contribution in [-0.2, 0) is 11.2 Å². The second-order valence-electron chi connectivity index (χ2n) is 7.64. The Morgan fingerprint density at radius 1 is 1.06 bits per heavy atom. The maximum atomic E-state index is 13.2. The Balaban J connectivity index is 1.37. The highest BCUT2D eigenvalue weighted by molar-refractivity contribution is 7.17. The number of hydrogen-bond donors (Lipinski definition) is 0. The summed E-state index contributed by atoms with van der Waals surface area (Å²) < 4.78 is 18.4. The number of aryl methyl sites for hydroxylation is 1. The molecule has 0 aliphatic carbocycles. The lowest BCUT2D eigenvalue weighted by Gasteiger charge is -2.34. The second-order valence-corrected chi connectivity index (χ2v) is 8.64. The Hall–Kier alpha value is -3.26. The smallest absolute Gasteiger partial charge is 0.265 e. The zero-order chi connectivity index (χ0) is 22.7. The van der Waals surface area contributed by atoms with Crippen LogP contribution in [0.4, 0.5) is 4.39 Å². The van der Waals surface area contributed by atoms with Crippen molar-refractivity contribution in [3.63, 3.8) is 0 Å². The van der Waals surface area contributed by atoms with Crippen molar-refractivity contribution in [3.8, 4) is 16.3 Å². The van der Waals surface area contributed by atoms with E-state index in [-0.39, 0.29) is 17.6 Å². The van der Waals surface area contributed by atoms with Crippen molar-refractivity contribution in [2.24, 2.45) is 0 Å². The molecule has 32 heavy (non-hydrogen) atoms. The van der Waals surface area contributed by atoms with Gasteiger partial charge in [-0.2, -0.15) is 0 Å². The molecule has 1 aliphatic rings. The Bertz CT molecular complexity index is 1120. The number of benzene rings is 2. The molecule has 2 amide bonds. The molecule has 8 heteroatoms. The number of carbonyl (C=O) groups is 2. The van der Waals surface area contributed by atoms with Crippen molar-refractivity contribution in [1.82, 2.24) is 14.8 Å². The number of halogens is 1. The highest BCUT2D eigenvalue weighted by Crippen LogP contribution is 2.29. The van der Waals surface area contributed by atoms with Gasteiger partial charge in [-0.25, -0.2) is 9.37 Å². The van der Waals surface area contributed by atoms with Crippen molar-refractivity contribution in [2.45, 2.75) is 13.3 Å². The molecule has 1 fully saturated rings. The standard InChI is InChI=1S/C24H24FN3O3S/c1-16-22(32-23(26-16)18-6-8-19(25)9-7-18)24(30)28-12-10-27(11-13-28)21(29)15-17-4-3-5-20(14-17)31-2/h3-9,14H,10-13,15H2,1-2H3. The van der Waals surface area contributed by atoms with Gasteiger partial charge in [0.15, 0.2) is 0 Å². The molecule has 0 atom stereocenters. The SMILES string of the molecule is COc1cccc(CC(=O)N2CCN(C(=O)c3sc(-c4ccc(F)cc4)nc3C)CC2)c1. The van der Waals surface area contributed by atoms with Crippen LogP contribution in [0.1, 0.15) is 20.9 Å². The first kappa shape index (κ1) is 22.0. The number of amides is 2. The molecule has 1 saturated heterocycles. The Morgan fingerprint density at radius 2 is 1.75 bits per heavy atom. The van der Waals surface area contributed by atoms with E-state index in [2.05, 4.69) is 4.98 Å². The Kier molecular flexibility index (Phi) is 6.50. The number of hydrogen-bond acceptors (Lipinski definition) is 5. The number of carbonyl (C=O) groups excluding carboxylic acids is 2. The molecule has 2 aromatic carbocycles. The Labute approximate surface area is 190 Å². The average molecular weight is 454 g/mol. The van der Waals surface area contributed by atoms with E-state index in [0.717, 1.165) is 16.9 Å². The maximum absolute atomic E-state index is 13.2. The van der Waals surface area contributed by atoms with Gasteiger partial charge in [0.1, 0.15) is 21.5 Å². The third-order valence-corrected chi connectivity index (χ3v) is 6.69. The predicted molar refractivity (Wildman–Crippen MR) is 121 cm³/mol. The Morgan fingerprint density at radius 3 is 2.44 bits per heavy atom. The summed E-state index contributed by atoms with van der Waals surface area (Å²) in [6.07, 6.45) is 0.306. The predicted octanol–water partition coefficient (Wildman–Crippen LogP) is 3.79. The number of ether oxygens (including phenoxy) is 1. The van der Waals surface area contributed by atoms with E-state index in [0.29, 0.717) is 48.2 Å². The van der Waals surface area contributed by atoms with Crippen LogP contribution in [0.3, 0.4) is 0 Å². The average Bonchev–Trinajstić information content (AvgIpc) is 3.20. The molecule has 166 valence electrons. The minimum Gasteiger partial charge on any atom is -0.497 e. The molecule has 4 rings (SSSR count). The molecule has 3 aromatic rings. The largest absolute Gasteiger partial charge is 0.497 e. The van der Waals surface area contributed by atoms with Gasteiger partial charge < -0.3 is 14.5 Å². The summed E-state index contributed by atoms with van der Waals surface area (Å²) in [4.78, 5) is 34.4. The van der Waals surface area contributed by atoms with Gasteiger partial charge in [-0.3, -0.25) is 9.59 Å². The number of piperazine rings is 1. The van der Waals surface area contributed by atoms with E-state index < -0.39 is 0 Å². The summed E-state index contributed by atoms with van der Waals surface area (Å²) in [5.74, 6) is 0.383. The third-order valence-electron chi connectivity index (χ3n) is 5.49. The van der Waals surface area contributed by atoms with Crippen molar-refractivity contribution in [2.75, 3.05) is 33.3 Å². The number of aromatic nitrogens is 1. The fourth-order valence-corrected chi connectivity index (χ4v) is 4.72. The van der Waals surface area contributed by atoms with Crippen LogP contribution in [0, 0.1) is 12.7 Å². The molecule has 1 aromatic heterocycles. The van der Waals surface area contributed by atoms with Crippen LogP contribution in [0.15, 0.2) is 48.5 Å². The fourth-order valence-electron chi connectivity index (χ4n) is 3.68. The van der Waals surface area contributed by atoms with E-state index in [9.17, 15) is 14.0 Å². The van der Waals surface area contributed by atoms with Gasteiger partial charge in [-0.15, -0.1) is 11.3 Å². The van der Waals surface area contributed by atoms with Crippen LogP contribution in [0.2, 0.25) is 0 Å². The first-order valence-corrected chi connectivity index (χ1v) is 11.2. The monoisotopic (exact) mass is 453 g/mol. The molecule has 2 heterocycles. The van der Waals surface area contributed by atoms with E-state index in [1.54, 1.807) is 29.0 Å². The van der Waals surface area contributed by atoms with Crippen molar-refractivity contribution in [1.29, 1.82) is 0 Å². The fraction of sp³-hybridized carbons (Fsp3) is 0.292. The van der Waals surface area contributed by atoms with E-state index in [4.69, 9.17) is 4.74 Å². The molecular weight excluding hydrogens is 429 g/mol. The zero-order valence-electron chi connectivity index (χ0n) is 18.0. The summed E-state index contributed by atoms with van der Waals surface area (Å²) >= 11 is 1.32. The van der Waals surface area contributed by atoms with Gasteiger partial charge >= 0.3 is 0 Å². The van der Waals surface area contributed by atoms with Gasteiger partial charge in [-0.1, -0.05) is 12.1 Å². The van der Waals surface area contributed by atoms with Gasteiger partial charge in [0.05, 0.1) is 19.2 Å². The van der Waals surface area contributed by atoms with Crippen molar-refractivity contribution >= 4 is 23.2 Å². The third kappa shape index (κ3) is 4.80. The number of thiazole rings is 1. The first-order chi connectivity index (χ1) is 15.4. The molecule has 0 bridgehead atoms. The normalized spacial score (nSPS) is 13.8. The summed E-state index contributed by atoms with van der Waals surface area (Å²) in [7, 11) is 1.60. The molecular formula is C24H24FN3O3S. The van der Waals surface area contributed by atoms with Crippen LogP contribution < -0.4 is 4.74 Å². The van der Waals surface area contributed by atoms with Crippen LogP contribution in [-0.4, -0.2) is 59.9 Å². The minimum atomic E-state index is -0.308. The zero-order valence-corrected chi connectivity index (χ0v) is 18.8. The second kappa shape index (κ2) is 9.48. The minimum absolute atomic E-state index is 0.0397. The van der Waals surface area contributed by atoms with Crippen molar-refractivity contribution in [3.05, 3.63) is 70.5 Å². The summed E-state index contributed by atoms with van der Waals surface area (Å²) in [6, 6.07) is 13.6. The molecule has 1 aliphatic heterocycles. The lowest BCUT2D eigenvalue weighted by molar-refractivity contribution is -0.131. The summed E-state index contributed by atoms with van der Waals surface area (Å²) in [5.41, 5.74) is 2.35. The molecule has 0 unspecified atom stereocenters. The molecule has 6 nitrogen and oxygen atoms in total. The molecule has 0 radical (unpaired) electrons.